The maximum atomic E-state index is 13.4. The molecule has 18 heavy (non-hydrogen) atoms. The number of benzene rings is 1. The zero-order chi connectivity index (χ0) is 13.1. The molecule has 2 rings (SSSR count). The lowest BCUT2D eigenvalue weighted by Crippen LogP contribution is -2.25. The van der Waals surface area contributed by atoms with Crippen LogP contribution in [-0.2, 0) is 0 Å². The second-order valence-corrected chi connectivity index (χ2v) is 5.18. The van der Waals surface area contributed by atoms with E-state index < -0.39 is 5.82 Å². The van der Waals surface area contributed by atoms with Crippen molar-refractivity contribution >= 4 is 11.4 Å². The molecule has 0 saturated heterocycles. The fourth-order valence-electron chi connectivity index (χ4n) is 2.47. The third-order valence-corrected chi connectivity index (χ3v) is 3.70. The highest BCUT2D eigenvalue weighted by Gasteiger charge is 2.19. The van der Waals surface area contributed by atoms with Gasteiger partial charge in [-0.25, -0.2) is 4.39 Å². The number of rotatable bonds is 3. The molecule has 0 bridgehead atoms. The molecule has 0 heterocycles. The Morgan fingerprint density at radius 1 is 1.28 bits per heavy atom. The standard InChI is InChI=1S/C14H21FN2O/c1-9-3-5-10(6-4-9)17-13-8-14(18-2)11(15)7-12(13)16/h7-10,17H,3-6,16H2,1-2H3. The number of methoxy groups -OCH3 is 1. The first-order valence-corrected chi connectivity index (χ1v) is 6.49. The van der Waals surface area contributed by atoms with Gasteiger partial charge in [0.15, 0.2) is 11.6 Å². The summed E-state index contributed by atoms with van der Waals surface area (Å²) in [5.74, 6) is 0.622. The Hall–Kier alpha value is -1.45. The van der Waals surface area contributed by atoms with Gasteiger partial charge >= 0.3 is 0 Å². The molecule has 0 amide bonds. The van der Waals surface area contributed by atoms with Crippen LogP contribution in [0.5, 0.6) is 5.75 Å². The molecule has 3 N–H and O–H groups in total. The van der Waals surface area contributed by atoms with Crippen LogP contribution in [0.25, 0.3) is 0 Å². The largest absolute Gasteiger partial charge is 0.494 e. The average molecular weight is 252 g/mol. The first-order chi connectivity index (χ1) is 8.60. The van der Waals surface area contributed by atoms with Crippen LogP contribution in [0, 0.1) is 11.7 Å². The minimum atomic E-state index is -0.419. The summed E-state index contributed by atoms with van der Waals surface area (Å²) >= 11 is 0. The summed E-state index contributed by atoms with van der Waals surface area (Å²) in [4.78, 5) is 0. The minimum Gasteiger partial charge on any atom is -0.494 e. The van der Waals surface area contributed by atoms with Crippen molar-refractivity contribution in [1.82, 2.24) is 0 Å². The smallest absolute Gasteiger partial charge is 0.167 e. The topological polar surface area (TPSA) is 47.3 Å². The van der Waals surface area contributed by atoms with Gasteiger partial charge in [-0.3, -0.25) is 0 Å². The van der Waals surface area contributed by atoms with Crippen LogP contribution in [0.1, 0.15) is 32.6 Å². The highest BCUT2D eigenvalue weighted by Crippen LogP contribution is 2.31. The molecule has 4 heteroatoms. The molecule has 1 fully saturated rings. The van der Waals surface area contributed by atoms with Crippen molar-refractivity contribution < 1.29 is 9.13 Å². The van der Waals surface area contributed by atoms with Crippen LogP contribution in [0.4, 0.5) is 15.8 Å². The summed E-state index contributed by atoms with van der Waals surface area (Å²) in [6.45, 7) is 2.28. The lowest BCUT2D eigenvalue weighted by atomic mass is 9.87. The van der Waals surface area contributed by atoms with Gasteiger partial charge in [-0.2, -0.15) is 0 Å². The Morgan fingerprint density at radius 2 is 1.94 bits per heavy atom. The molecule has 1 saturated carbocycles. The number of hydrogen-bond acceptors (Lipinski definition) is 3. The summed E-state index contributed by atoms with van der Waals surface area (Å²) in [6, 6.07) is 3.38. The lowest BCUT2D eigenvalue weighted by molar-refractivity contribution is 0.361. The zero-order valence-electron chi connectivity index (χ0n) is 11.0. The third-order valence-electron chi connectivity index (χ3n) is 3.70. The van der Waals surface area contributed by atoms with Gasteiger partial charge in [0.25, 0.3) is 0 Å². The van der Waals surface area contributed by atoms with Crippen LogP contribution >= 0.6 is 0 Å². The zero-order valence-corrected chi connectivity index (χ0v) is 11.0. The van der Waals surface area contributed by atoms with Crippen molar-refractivity contribution in [2.24, 2.45) is 5.92 Å². The van der Waals surface area contributed by atoms with Crippen molar-refractivity contribution in [1.29, 1.82) is 0 Å². The van der Waals surface area contributed by atoms with Crippen LogP contribution in [0.3, 0.4) is 0 Å². The Kier molecular flexibility index (Phi) is 3.94. The van der Waals surface area contributed by atoms with E-state index in [9.17, 15) is 4.39 Å². The molecule has 1 aliphatic rings. The fourth-order valence-corrected chi connectivity index (χ4v) is 2.47. The molecule has 0 spiro atoms. The summed E-state index contributed by atoms with van der Waals surface area (Å²) in [7, 11) is 1.46. The Morgan fingerprint density at radius 3 is 2.56 bits per heavy atom. The normalized spacial score (nSPS) is 23.7. The predicted octanol–water partition coefficient (Wildman–Crippen LogP) is 3.41. The first kappa shape index (κ1) is 13.0. The summed E-state index contributed by atoms with van der Waals surface area (Å²) < 4.78 is 18.4. The highest BCUT2D eigenvalue weighted by molar-refractivity contribution is 5.69. The molecule has 1 aromatic rings. The fraction of sp³-hybridized carbons (Fsp3) is 0.571. The average Bonchev–Trinajstić information content (AvgIpc) is 2.35. The van der Waals surface area contributed by atoms with Gasteiger partial charge in [-0.05, 0) is 31.6 Å². The third kappa shape index (κ3) is 2.86. The van der Waals surface area contributed by atoms with E-state index in [1.54, 1.807) is 6.07 Å². The number of nitrogens with one attached hydrogen (secondary N) is 1. The minimum absolute atomic E-state index is 0.232. The van der Waals surface area contributed by atoms with E-state index in [1.807, 2.05) is 0 Å². The quantitative estimate of drug-likeness (QED) is 0.810. The van der Waals surface area contributed by atoms with E-state index in [2.05, 4.69) is 12.2 Å². The second-order valence-electron chi connectivity index (χ2n) is 5.18. The monoisotopic (exact) mass is 252 g/mol. The van der Waals surface area contributed by atoms with Gasteiger partial charge in [0.2, 0.25) is 0 Å². The number of nitrogen functional groups attached to an aromatic ring is 1. The van der Waals surface area contributed by atoms with E-state index in [4.69, 9.17) is 10.5 Å². The molecular formula is C14H21FN2O. The number of hydrogen-bond donors (Lipinski definition) is 2. The first-order valence-electron chi connectivity index (χ1n) is 6.49. The van der Waals surface area contributed by atoms with Gasteiger partial charge in [0.1, 0.15) is 0 Å². The SMILES string of the molecule is COc1cc(NC2CCC(C)CC2)c(N)cc1F. The molecule has 0 unspecified atom stereocenters. The van der Waals surface area contributed by atoms with E-state index in [0.717, 1.165) is 24.4 Å². The second kappa shape index (κ2) is 5.46. The van der Waals surface area contributed by atoms with E-state index in [1.165, 1.54) is 26.0 Å². The van der Waals surface area contributed by atoms with Crippen LogP contribution in [0.2, 0.25) is 0 Å². The van der Waals surface area contributed by atoms with Crippen LogP contribution < -0.4 is 15.8 Å². The Bertz CT molecular complexity index is 415. The molecule has 0 aromatic heterocycles. The van der Waals surface area contributed by atoms with Crippen molar-refractivity contribution in [3.8, 4) is 5.75 Å². The van der Waals surface area contributed by atoms with Crippen molar-refractivity contribution in [3.05, 3.63) is 17.9 Å². The van der Waals surface area contributed by atoms with Crippen molar-refractivity contribution in [3.63, 3.8) is 0 Å². The van der Waals surface area contributed by atoms with E-state index >= 15 is 0 Å². The van der Waals surface area contributed by atoms with E-state index in [0.29, 0.717) is 11.7 Å². The van der Waals surface area contributed by atoms with Crippen LogP contribution in [0.15, 0.2) is 12.1 Å². The Labute approximate surface area is 108 Å². The highest BCUT2D eigenvalue weighted by atomic mass is 19.1. The van der Waals surface area contributed by atoms with Gasteiger partial charge in [0.05, 0.1) is 18.5 Å². The van der Waals surface area contributed by atoms with Gasteiger partial charge in [-0.1, -0.05) is 6.92 Å². The van der Waals surface area contributed by atoms with Gasteiger partial charge in [-0.15, -0.1) is 0 Å². The summed E-state index contributed by atoms with van der Waals surface area (Å²) in [5, 5.41) is 3.40. The predicted molar refractivity (Wildman–Crippen MR) is 72.4 cm³/mol. The Balaban J connectivity index is 2.09. The number of anilines is 2. The maximum Gasteiger partial charge on any atom is 0.167 e. The van der Waals surface area contributed by atoms with Gasteiger partial charge < -0.3 is 15.8 Å². The molecule has 3 nitrogen and oxygen atoms in total. The molecule has 0 atom stereocenters. The molecule has 100 valence electrons. The maximum absolute atomic E-state index is 13.4. The molecular weight excluding hydrogens is 231 g/mol. The molecule has 1 aliphatic carbocycles. The molecule has 0 radical (unpaired) electrons. The van der Waals surface area contributed by atoms with E-state index in [-0.39, 0.29) is 5.75 Å². The number of halogens is 1. The van der Waals surface area contributed by atoms with Crippen molar-refractivity contribution in [2.75, 3.05) is 18.2 Å². The lowest BCUT2D eigenvalue weighted by Gasteiger charge is -2.28. The molecule has 1 aromatic carbocycles. The van der Waals surface area contributed by atoms with Gasteiger partial charge in [0, 0.05) is 18.2 Å². The van der Waals surface area contributed by atoms with Crippen molar-refractivity contribution in [2.45, 2.75) is 38.6 Å². The molecule has 0 aliphatic heterocycles. The summed E-state index contributed by atoms with van der Waals surface area (Å²) in [6.07, 6.45) is 4.74. The van der Waals surface area contributed by atoms with Crippen LogP contribution in [-0.4, -0.2) is 13.2 Å². The summed E-state index contributed by atoms with van der Waals surface area (Å²) in [5.41, 5.74) is 7.04. The number of nitrogens with two attached hydrogens (primary N) is 1. The number of ether oxygens (including phenoxy) is 1.